The number of aliphatic hydroxyl groups is 1. The molecular weight excluding hydrogens is 314 g/mol. The van der Waals surface area contributed by atoms with Gasteiger partial charge in [0, 0.05) is 38.9 Å². The fraction of sp³-hybridized carbons (Fsp3) is 0.650. The first kappa shape index (κ1) is 21.5. The summed E-state index contributed by atoms with van der Waals surface area (Å²) in [6.07, 6.45) is 4.22. The van der Waals surface area contributed by atoms with Crippen molar-refractivity contribution < 1.29 is 9.90 Å². The Hall–Kier alpha value is -1.59. The molecule has 1 unspecified atom stereocenters. The maximum Gasteiger partial charge on any atom is 0.220 e. The van der Waals surface area contributed by atoms with Crippen molar-refractivity contribution >= 4 is 11.6 Å². The number of anilines is 1. The second-order valence-electron chi connectivity index (χ2n) is 7.03. The summed E-state index contributed by atoms with van der Waals surface area (Å²) in [5.41, 5.74) is 8.10. The van der Waals surface area contributed by atoms with E-state index in [1.54, 1.807) is 6.92 Å². The molecular formula is C20H35N3O2. The smallest absolute Gasteiger partial charge is 0.220 e. The van der Waals surface area contributed by atoms with Crippen molar-refractivity contribution in [2.75, 3.05) is 25.5 Å². The highest BCUT2D eigenvalue weighted by atomic mass is 16.2. The molecule has 0 aliphatic carbocycles. The molecule has 0 spiro atoms. The number of hydrogen-bond donors (Lipinski definition) is 3. The maximum absolute atomic E-state index is 12.4. The van der Waals surface area contributed by atoms with Crippen LogP contribution in [0.1, 0.15) is 52.0 Å². The van der Waals surface area contributed by atoms with E-state index in [0.29, 0.717) is 6.54 Å². The van der Waals surface area contributed by atoms with Crippen LogP contribution in [-0.4, -0.2) is 47.7 Å². The first-order valence-electron chi connectivity index (χ1n) is 9.28. The van der Waals surface area contributed by atoms with Crippen LogP contribution in [0.3, 0.4) is 0 Å². The molecule has 1 aromatic rings. The van der Waals surface area contributed by atoms with Crippen molar-refractivity contribution in [3.63, 3.8) is 0 Å². The lowest BCUT2D eigenvalue weighted by Crippen LogP contribution is -2.59. The Morgan fingerprint density at radius 2 is 1.96 bits per heavy atom. The number of carbonyl (C=O) groups excluding carboxylic acids is 1. The summed E-state index contributed by atoms with van der Waals surface area (Å²) in [5.74, 6) is 0.0598. The third kappa shape index (κ3) is 5.72. The first-order chi connectivity index (χ1) is 11.9. The highest BCUT2D eigenvalue weighted by molar-refractivity contribution is 5.74. The number of para-hydroxylation sites is 1. The van der Waals surface area contributed by atoms with E-state index in [4.69, 9.17) is 10.8 Å². The van der Waals surface area contributed by atoms with Crippen LogP contribution in [0.4, 0.5) is 5.69 Å². The normalized spacial score (nSPS) is 13.6. The van der Waals surface area contributed by atoms with E-state index >= 15 is 0 Å². The van der Waals surface area contributed by atoms with E-state index < -0.39 is 5.54 Å². The summed E-state index contributed by atoms with van der Waals surface area (Å²) in [7, 11) is 1.91. The highest BCUT2D eigenvalue weighted by Crippen LogP contribution is 2.31. The average Bonchev–Trinajstić information content (AvgIpc) is 2.58. The van der Waals surface area contributed by atoms with Gasteiger partial charge in [0.2, 0.25) is 5.91 Å². The lowest BCUT2D eigenvalue weighted by molar-refractivity contribution is -0.138. The summed E-state index contributed by atoms with van der Waals surface area (Å²) >= 11 is 0. The Kier molecular flexibility index (Phi) is 8.93. The Balaban J connectivity index is 3.21. The summed E-state index contributed by atoms with van der Waals surface area (Å²) < 4.78 is 0. The van der Waals surface area contributed by atoms with Gasteiger partial charge in [-0.3, -0.25) is 4.79 Å². The predicted molar refractivity (Wildman–Crippen MR) is 105 cm³/mol. The molecule has 1 amide bonds. The molecule has 1 rings (SSSR count). The van der Waals surface area contributed by atoms with Gasteiger partial charge in [-0.15, -0.1) is 0 Å². The van der Waals surface area contributed by atoms with E-state index in [1.165, 1.54) is 5.56 Å². The van der Waals surface area contributed by atoms with E-state index in [9.17, 15) is 4.79 Å². The van der Waals surface area contributed by atoms with Gasteiger partial charge in [-0.1, -0.05) is 31.0 Å². The lowest BCUT2D eigenvalue weighted by Gasteiger charge is -2.46. The lowest BCUT2D eigenvalue weighted by atomic mass is 9.82. The SMILES string of the molecule is CNc1ccccc1CC(CN)(CCCCCO)N(C(C)=O)C(C)C. The van der Waals surface area contributed by atoms with Crippen LogP contribution in [0.15, 0.2) is 24.3 Å². The molecule has 0 radical (unpaired) electrons. The summed E-state index contributed by atoms with van der Waals surface area (Å²) in [5, 5.41) is 12.3. The topological polar surface area (TPSA) is 78.6 Å². The molecule has 5 heteroatoms. The maximum atomic E-state index is 12.4. The van der Waals surface area contributed by atoms with Crippen LogP contribution in [-0.2, 0) is 11.2 Å². The van der Waals surface area contributed by atoms with Crippen molar-refractivity contribution in [3.8, 4) is 0 Å². The van der Waals surface area contributed by atoms with Crippen LogP contribution in [0.25, 0.3) is 0 Å². The van der Waals surface area contributed by atoms with E-state index in [0.717, 1.165) is 37.8 Å². The fourth-order valence-corrected chi connectivity index (χ4v) is 3.83. The molecule has 1 atom stereocenters. The number of benzene rings is 1. The van der Waals surface area contributed by atoms with E-state index in [-0.39, 0.29) is 18.6 Å². The van der Waals surface area contributed by atoms with Crippen molar-refractivity contribution in [2.45, 2.75) is 64.5 Å². The molecule has 0 saturated heterocycles. The minimum Gasteiger partial charge on any atom is -0.396 e. The van der Waals surface area contributed by atoms with Gasteiger partial charge in [-0.25, -0.2) is 0 Å². The van der Waals surface area contributed by atoms with Crippen molar-refractivity contribution in [1.82, 2.24) is 4.90 Å². The van der Waals surface area contributed by atoms with E-state index in [1.807, 2.05) is 37.9 Å². The van der Waals surface area contributed by atoms with Gasteiger partial charge in [0.25, 0.3) is 0 Å². The predicted octanol–water partition coefficient (Wildman–Crippen LogP) is 2.78. The van der Waals surface area contributed by atoms with Crippen LogP contribution in [0.5, 0.6) is 0 Å². The number of aliphatic hydroxyl groups excluding tert-OH is 1. The number of nitrogens with one attached hydrogen (secondary N) is 1. The third-order valence-corrected chi connectivity index (χ3v) is 4.85. The van der Waals surface area contributed by atoms with Gasteiger partial charge >= 0.3 is 0 Å². The Morgan fingerprint density at radius 1 is 1.28 bits per heavy atom. The number of nitrogens with two attached hydrogens (primary N) is 1. The monoisotopic (exact) mass is 349 g/mol. The molecule has 0 fully saturated rings. The summed E-state index contributed by atoms with van der Waals surface area (Å²) in [6, 6.07) is 8.27. The Labute approximate surface area is 152 Å². The Morgan fingerprint density at radius 3 is 2.48 bits per heavy atom. The van der Waals surface area contributed by atoms with Crippen molar-refractivity contribution in [1.29, 1.82) is 0 Å². The fourth-order valence-electron chi connectivity index (χ4n) is 3.83. The number of nitrogens with zero attached hydrogens (tertiary/aromatic N) is 1. The number of unbranched alkanes of at least 4 members (excludes halogenated alkanes) is 2. The molecule has 0 saturated carbocycles. The molecule has 5 nitrogen and oxygen atoms in total. The van der Waals surface area contributed by atoms with Crippen LogP contribution < -0.4 is 11.1 Å². The summed E-state index contributed by atoms with van der Waals surface area (Å²) in [6.45, 7) is 6.34. The van der Waals surface area contributed by atoms with Gasteiger partial charge in [0.1, 0.15) is 0 Å². The summed E-state index contributed by atoms with van der Waals surface area (Å²) in [4.78, 5) is 14.4. The number of hydrogen-bond acceptors (Lipinski definition) is 4. The van der Waals surface area contributed by atoms with Crippen LogP contribution in [0.2, 0.25) is 0 Å². The Bertz CT molecular complexity index is 533. The minimum absolute atomic E-state index is 0.0598. The first-order valence-corrected chi connectivity index (χ1v) is 9.28. The molecule has 1 aromatic carbocycles. The number of rotatable bonds is 11. The molecule has 0 aliphatic heterocycles. The molecule has 0 aromatic heterocycles. The second kappa shape index (κ2) is 10.4. The zero-order valence-electron chi connectivity index (χ0n) is 16.2. The molecule has 0 bridgehead atoms. The van der Waals surface area contributed by atoms with Gasteiger partial charge in [-0.05, 0) is 44.7 Å². The minimum atomic E-state index is -0.414. The van der Waals surface area contributed by atoms with Gasteiger partial charge < -0.3 is 21.1 Å². The third-order valence-electron chi connectivity index (χ3n) is 4.85. The number of carbonyl (C=O) groups is 1. The molecule has 25 heavy (non-hydrogen) atoms. The second-order valence-corrected chi connectivity index (χ2v) is 7.03. The molecule has 4 N–H and O–H groups in total. The van der Waals surface area contributed by atoms with E-state index in [2.05, 4.69) is 17.4 Å². The zero-order valence-corrected chi connectivity index (χ0v) is 16.2. The number of amides is 1. The van der Waals surface area contributed by atoms with Crippen LogP contribution in [0, 0.1) is 0 Å². The zero-order chi connectivity index (χ0) is 18.9. The largest absolute Gasteiger partial charge is 0.396 e. The molecule has 0 aliphatic rings. The molecule has 0 heterocycles. The van der Waals surface area contributed by atoms with Gasteiger partial charge in [0.05, 0.1) is 5.54 Å². The van der Waals surface area contributed by atoms with Crippen molar-refractivity contribution in [3.05, 3.63) is 29.8 Å². The van der Waals surface area contributed by atoms with Gasteiger partial charge in [-0.2, -0.15) is 0 Å². The molecule has 142 valence electrons. The van der Waals surface area contributed by atoms with Crippen LogP contribution >= 0.6 is 0 Å². The average molecular weight is 350 g/mol. The van der Waals surface area contributed by atoms with Crippen molar-refractivity contribution in [2.24, 2.45) is 5.73 Å². The van der Waals surface area contributed by atoms with Gasteiger partial charge in [0.15, 0.2) is 0 Å². The standard InChI is InChI=1S/C20H35N3O2/c1-16(2)23(17(3)25)20(15-21,12-8-5-9-13-24)14-18-10-6-7-11-19(18)22-4/h6-7,10-11,16,22,24H,5,8-9,12-15,21H2,1-4H3. The highest BCUT2D eigenvalue weighted by Gasteiger charge is 2.38. The quantitative estimate of drug-likeness (QED) is 0.537.